The van der Waals surface area contributed by atoms with Gasteiger partial charge in [-0.1, -0.05) is 30.8 Å². The van der Waals surface area contributed by atoms with Crippen LogP contribution in [0.5, 0.6) is 0 Å². The third kappa shape index (κ3) is 2.73. The lowest BCUT2D eigenvalue weighted by Gasteiger charge is -2.55. The van der Waals surface area contributed by atoms with Crippen LogP contribution in [-0.2, 0) is 4.79 Å². The van der Waals surface area contributed by atoms with E-state index in [4.69, 9.17) is 17.3 Å². The zero-order valence-corrected chi connectivity index (χ0v) is 19.5. The molecule has 1 aromatic rings. The summed E-state index contributed by atoms with van der Waals surface area (Å²) in [6, 6.07) is 2.95. The minimum absolute atomic E-state index is 0.0740. The first-order valence-electron chi connectivity index (χ1n) is 10.5. The van der Waals surface area contributed by atoms with Crippen LogP contribution in [0.4, 0.5) is 0 Å². The van der Waals surface area contributed by atoms with Gasteiger partial charge in [0, 0.05) is 22.4 Å². The monoisotopic (exact) mass is 456 g/mol. The van der Waals surface area contributed by atoms with Gasteiger partial charge >= 0.3 is 0 Å². The lowest BCUT2D eigenvalue weighted by atomic mass is 9.54. The van der Waals surface area contributed by atoms with Gasteiger partial charge in [-0.3, -0.25) is 9.69 Å². The fourth-order valence-electron chi connectivity index (χ4n) is 6.16. The first kappa shape index (κ1) is 22.8. The number of rotatable bonds is 2. The molecule has 170 valence electrons. The van der Waals surface area contributed by atoms with Gasteiger partial charge in [0.25, 0.3) is 5.91 Å². The lowest BCUT2D eigenvalue weighted by molar-refractivity contribution is -0.115. The highest BCUT2D eigenvalue weighted by Crippen LogP contribution is 2.60. The molecule has 0 aromatic heterocycles. The van der Waals surface area contributed by atoms with E-state index in [1.165, 1.54) is 0 Å². The smallest absolute Gasteiger partial charge is 0.252 e. The van der Waals surface area contributed by atoms with Crippen molar-refractivity contribution in [3.8, 4) is 0 Å². The largest absolute Gasteiger partial charge is 0.510 e. The Bertz CT molecular complexity index is 1150. The molecule has 7 heteroatoms. The van der Waals surface area contributed by atoms with Gasteiger partial charge in [-0.15, -0.1) is 0 Å². The van der Waals surface area contributed by atoms with Crippen LogP contribution in [0.1, 0.15) is 36.1 Å². The normalized spacial score (nSPS) is 32.1. The predicted molar refractivity (Wildman–Crippen MR) is 125 cm³/mol. The highest BCUT2D eigenvalue weighted by molar-refractivity contribution is 6.31. The van der Waals surface area contributed by atoms with Gasteiger partial charge in [-0.2, -0.15) is 0 Å². The number of aryl methyl sites for hydroxylation is 1. The molecule has 6 nitrogen and oxygen atoms in total. The minimum Gasteiger partial charge on any atom is -0.510 e. The van der Waals surface area contributed by atoms with Crippen molar-refractivity contribution in [1.82, 2.24) is 4.90 Å². The van der Waals surface area contributed by atoms with Crippen molar-refractivity contribution in [2.75, 3.05) is 14.1 Å². The first-order chi connectivity index (χ1) is 14.8. The number of hydrogen-bond acceptors (Lipinski definition) is 5. The molecule has 0 fully saturated rings. The maximum Gasteiger partial charge on any atom is 0.252 e. The van der Waals surface area contributed by atoms with Gasteiger partial charge in [-0.05, 0) is 73.8 Å². The van der Waals surface area contributed by atoms with Crippen LogP contribution < -0.4 is 5.73 Å². The molecule has 0 bridgehead atoms. The van der Waals surface area contributed by atoms with Crippen LogP contribution in [0, 0.1) is 18.8 Å². The van der Waals surface area contributed by atoms with E-state index in [9.17, 15) is 20.1 Å². The first-order valence-corrected chi connectivity index (χ1v) is 10.9. The third-order valence-electron chi connectivity index (χ3n) is 7.58. The summed E-state index contributed by atoms with van der Waals surface area (Å²) in [6.45, 7) is 12.0. The summed E-state index contributed by atoms with van der Waals surface area (Å²) in [5.41, 5.74) is 8.18. The Morgan fingerprint density at radius 1 is 1.28 bits per heavy atom. The number of fused-ring (bicyclic) bond motifs is 3. The molecule has 0 spiro atoms. The van der Waals surface area contributed by atoms with Crippen LogP contribution in [0.2, 0.25) is 5.02 Å². The molecule has 0 radical (unpaired) electrons. The third-order valence-corrected chi connectivity index (χ3v) is 7.91. The van der Waals surface area contributed by atoms with E-state index in [2.05, 4.69) is 13.2 Å². The summed E-state index contributed by atoms with van der Waals surface area (Å²) < 4.78 is 0. The Balaban J connectivity index is 2.02. The van der Waals surface area contributed by atoms with Crippen molar-refractivity contribution < 1.29 is 20.1 Å². The van der Waals surface area contributed by atoms with Crippen molar-refractivity contribution in [3.05, 3.63) is 75.1 Å². The second kappa shape index (κ2) is 7.32. The van der Waals surface area contributed by atoms with Crippen molar-refractivity contribution in [2.24, 2.45) is 17.6 Å². The number of carbonyl (C=O) groups is 1. The van der Waals surface area contributed by atoms with E-state index < -0.39 is 35.5 Å². The Hall–Kier alpha value is -2.38. The number of nitrogens with two attached hydrogens (primary N) is 1. The SMILES string of the molecule is C=C1C2=C(C)[C@]3(O)C(=C)C(C(N)=O)=C(O)[C@@H](N(C)C)[C@@H]3C[C@@H]2[C@H](O)c2c(Cl)ccc(C)c21. The number of allylic oxidation sites excluding steroid dienone is 1. The summed E-state index contributed by atoms with van der Waals surface area (Å²) in [5, 5.41) is 35.0. The molecule has 32 heavy (non-hydrogen) atoms. The van der Waals surface area contributed by atoms with Crippen LogP contribution in [0.15, 0.2) is 53.3 Å². The number of carbonyl (C=O) groups excluding carboxylic acids is 1. The number of hydrogen-bond donors (Lipinski definition) is 4. The standard InChI is InChI=1S/C25H29ClN2O4/c1-10-7-8-16(26)20-17(10)11(2)18-12(3)25(32)13(4)19(24(27)31)23(30)21(28(5)6)15(25)9-14(18)22(20)29/h7-8,14-15,21-22,29-30,32H,2,4,9H2,1,3,5-6H3,(H2,27,31)/t14-,15-,21-,22-,25-/m0/s1. The van der Waals surface area contributed by atoms with E-state index in [0.717, 1.165) is 16.7 Å². The molecule has 4 rings (SSSR count). The lowest BCUT2D eigenvalue weighted by Crippen LogP contribution is -2.59. The van der Waals surface area contributed by atoms with Gasteiger partial charge < -0.3 is 21.1 Å². The Morgan fingerprint density at radius 2 is 1.91 bits per heavy atom. The highest BCUT2D eigenvalue weighted by Gasteiger charge is 2.59. The highest BCUT2D eigenvalue weighted by atomic mass is 35.5. The van der Waals surface area contributed by atoms with Crippen LogP contribution in [0.3, 0.4) is 0 Å². The average Bonchev–Trinajstić information content (AvgIpc) is 2.69. The maximum absolute atomic E-state index is 12.2. The van der Waals surface area contributed by atoms with Gasteiger partial charge in [0.1, 0.15) is 11.4 Å². The summed E-state index contributed by atoms with van der Waals surface area (Å²) in [7, 11) is 3.52. The van der Waals surface area contributed by atoms with Gasteiger partial charge in [0.2, 0.25) is 0 Å². The van der Waals surface area contributed by atoms with Crippen LogP contribution in [-0.4, -0.2) is 51.9 Å². The topological polar surface area (TPSA) is 107 Å². The fraction of sp³-hybridized carbons (Fsp3) is 0.400. The van der Waals surface area contributed by atoms with Crippen molar-refractivity contribution in [1.29, 1.82) is 0 Å². The van der Waals surface area contributed by atoms with Gasteiger partial charge in [-0.25, -0.2) is 0 Å². The number of likely N-dealkylation sites (N-methyl/N-ethyl adjacent to an activating group) is 1. The predicted octanol–water partition coefficient (Wildman–Crippen LogP) is 3.19. The molecule has 3 aliphatic carbocycles. The molecular weight excluding hydrogens is 428 g/mol. The zero-order chi connectivity index (χ0) is 23.9. The van der Waals surface area contributed by atoms with Crippen LogP contribution in [0.25, 0.3) is 5.57 Å². The second-order valence-corrected chi connectivity index (χ2v) is 9.75. The molecule has 1 aromatic carbocycles. The molecule has 0 heterocycles. The van der Waals surface area contributed by atoms with Crippen molar-refractivity contribution in [3.63, 3.8) is 0 Å². The van der Waals surface area contributed by atoms with Crippen molar-refractivity contribution >= 4 is 23.1 Å². The minimum atomic E-state index is -1.63. The van der Waals surface area contributed by atoms with Gasteiger partial charge in [0.05, 0.1) is 17.7 Å². The number of benzene rings is 1. The molecule has 0 saturated heterocycles. The number of aliphatic hydroxyl groups is 3. The number of nitrogens with zero attached hydrogens (tertiary/aromatic N) is 1. The Morgan fingerprint density at radius 3 is 2.47 bits per heavy atom. The van der Waals surface area contributed by atoms with E-state index in [1.54, 1.807) is 32.0 Å². The van der Waals surface area contributed by atoms with Gasteiger partial charge in [0.15, 0.2) is 0 Å². The van der Waals surface area contributed by atoms with E-state index in [1.807, 2.05) is 13.0 Å². The summed E-state index contributed by atoms with van der Waals surface area (Å²) in [6.07, 6.45) is -0.581. The second-order valence-electron chi connectivity index (χ2n) is 9.34. The molecule has 0 saturated carbocycles. The molecule has 1 amide bonds. The summed E-state index contributed by atoms with van der Waals surface area (Å²) in [5.74, 6) is -2.02. The number of aliphatic hydroxyl groups excluding tert-OH is 2. The average molecular weight is 457 g/mol. The maximum atomic E-state index is 12.2. The Labute approximate surface area is 193 Å². The molecular formula is C25H29ClN2O4. The molecule has 5 atom stereocenters. The Kier molecular flexibility index (Phi) is 5.21. The number of primary amides is 1. The number of amides is 1. The van der Waals surface area contributed by atoms with E-state index in [-0.39, 0.29) is 16.9 Å². The summed E-state index contributed by atoms with van der Waals surface area (Å²) in [4.78, 5) is 14.0. The molecule has 3 aliphatic rings. The number of halogens is 1. The summed E-state index contributed by atoms with van der Waals surface area (Å²) >= 11 is 6.50. The molecule has 0 unspecified atom stereocenters. The molecule has 5 N–H and O–H groups in total. The quantitative estimate of drug-likeness (QED) is 0.546. The molecule has 0 aliphatic heterocycles. The van der Waals surface area contributed by atoms with Crippen molar-refractivity contribution in [2.45, 2.75) is 38.0 Å². The van der Waals surface area contributed by atoms with Crippen LogP contribution >= 0.6 is 11.6 Å². The van der Waals surface area contributed by atoms with E-state index >= 15 is 0 Å². The zero-order valence-electron chi connectivity index (χ0n) is 18.7. The van der Waals surface area contributed by atoms with E-state index in [0.29, 0.717) is 28.2 Å². The fourth-order valence-corrected chi connectivity index (χ4v) is 6.43.